The van der Waals surface area contributed by atoms with E-state index in [0.29, 0.717) is 12.0 Å². The number of nitrogens with zero attached hydrogens (tertiary/aromatic N) is 3. The maximum absolute atomic E-state index is 9.25. The summed E-state index contributed by atoms with van der Waals surface area (Å²) in [6.07, 6.45) is 4.14. The first-order valence-corrected chi connectivity index (χ1v) is 7.52. The fourth-order valence-electron chi connectivity index (χ4n) is 3.31. The highest BCUT2D eigenvalue weighted by Gasteiger charge is 2.39. The zero-order valence-electron chi connectivity index (χ0n) is 13.0. The van der Waals surface area contributed by atoms with Crippen molar-refractivity contribution in [3.63, 3.8) is 0 Å². The van der Waals surface area contributed by atoms with E-state index in [1.54, 1.807) is 0 Å². The Balaban J connectivity index is 2.47. The van der Waals surface area contributed by atoms with Gasteiger partial charge in [0.15, 0.2) is 0 Å². The molecule has 1 saturated carbocycles. The standard InChI is InChI=1S/C15H30N4/c1-5-19(13(2)11-18(3)4)10-8-14-7-6-9-15(14,17)12-16/h13-14H,5-11,17H2,1-4H3. The Morgan fingerprint density at radius 3 is 2.68 bits per heavy atom. The Morgan fingerprint density at radius 1 is 1.47 bits per heavy atom. The second-order valence-electron chi connectivity index (χ2n) is 6.27. The minimum absolute atomic E-state index is 0.373. The van der Waals surface area contributed by atoms with E-state index in [2.05, 4.69) is 43.8 Å². The van der Waals surface area contributed by atoms with Crippen LogP contribution in [-0.2, 0) is 0 Å². The number of nitrogens with two attached hydrogens (primary N) is 1. The maximum Gasteiger partial charge on any atom is 0.107 e. The SMILES string of the molecule is CCN(CCC1CCCC1(N)C#N)C(C)CN(C)C. The van der Waals surface area contributed by atoms with Gasteiger partial charge in [-0.25, -0.2) is 0 Å². The number of likely N-dealkylation sites (N-methyl/N-ethyl adjacent to an activating group) is 2. The molecule has 0 bridgehead atoms. The molecule has 0 spiro atoms. The highest BCUT2D eigenvalue weighted by molar-refractivity contribution is 5.11. The molecule has 0 radical (unpaired) electrons. The van der Waals surface area contributed by atoms with E-state index in [-0.39, 0.29) is 0 Å². The Bertz CT molecular complexity index is 310. The van der Waals surface area contributed by atoms with Gasteiger partial charge in [0.25, 0.3) is 0 Å². The van der Waals surface area contributed by atoms with Crippen LogP contribution in [0.2, 0.25) is 0 Å². The van der Waals surface area contributed by atoms with Gasteiger partial charge in [0.2, 0.25) is 0 Å². The van der Waals surface area contributed by atoms with Crippen LogP contribution in [0, 0.1) is 17.2 Å². The maximum atomic E-state index is 9.25. The highest BCUT2D eigenvalue weighted by Crippen LogP contribution is 2.35. The van der Waals surface area contributed by atoms with Gasteiger partial charge in [-0.1, -0.05) is 13.3 Å². The van der Waals surface area contributed by atoms with Crippen molar-refractivity contribution in [2.45, 2.75) is 51.1 Å². The molecule has 1 rings (SSSR count). The van der Waals surface area contributed by atoms with Crippen LogP contribution in [0.1, 0.15) is 39.5 Å². The molecular formula is C15H30N4. The van der Waals surface area contributed by atoms with Gasteiger partial charge in [0.1, 0.15) is 5.54 Å². The van der Waals surface area contributed by atoms with Crippen molar-refractivity contribution in [3.8, 4) is 6.07 Å². The molecule has 1 aliphatic rings. The Hall–Kier alpha value is -0.630. The van der Waals surface area contributed by atoms with E-state index in [9.17, 15) is 5.26 Å². The van der Waals surface area contributed by atoms with Crippen molar-refractivity contribution in [2.75, 3.05) is 33.7 Å². The van der Waals surface area contributed by atoms with Crippen LogP contribution in [0.25, 0.3) is 0 Å². The zero-order valence-corrected chi connectivity index (χ0v) is 13.0. The number of nitriles is 1. The summed E-state index contributed by atoms with van der Waals surface area (Å²) in [6, 6.07) is 2.90. The predicted molar refractivity (Wildman–Crippen MR) is 79.8 cm³/mol. The smallest absolute Gasteiger partial charge is 0.107 e. The van der Waals surface area contributed by atoms with Gasteiger partial charge in [0, 0.05) is 12.6 Å². The van der Waals surface area contributed by atoms with Crippen LogP contribution in [0.3, 0.4) is 0 Å². The van der Waals surface area contributed by atoms with Gasteiger partial charge in [-0.3, -0.25) is 4.90 Å². The molecule has 1 aliphatic carbocycles. The summed E-state index contributed by atoms with van der Waals surface area (Å²) >= 11 is 0. The summed E-state index contributed by atoms with van der Waals surface area (Å²) < 4.78 is 0. The lowest BCUT2D eigenvalue weighted by Gasteiger charge is -2.32. The van der Waals surface area contributed by atoms with Crippen molar-refractivity contribution in [1.82, 2.24) is 9.80 Å². The quantitative estimate of drug-likeness (QED) is 0.761. The fourth-order valence-corrected chi connectivity index (χ4v) is 3.31. The van der Waals surface area contributed by atoms with Crippen LogP contribution in [0.15, 0.2) is 0 Å². The highest BCUT2D eigenvalue weighted by atomic mass is 15.2. The number of hydrogen-bond donors (Lipinski definition) is 1. The zero-order chi connectivity index (χ0) is 14.5. The lowest BCUT2D eigenvalue weighted by molar-refractivity contribution is 0.165. The number of hydrogen-bond acceptors (Lipinski definition) is 4. The topological polar surface area (TPSA) is 56.3 Å². The van der Waals surface area contributed by atoms with E-state index < -0.39 is 5.54 Å². The summed E-state index contributed by atoms with van der Waals surface area (Å²) in [7, 11) is 4.23. The van der Waals surface area contributed by atoms with E-state index in [4.69, 9.17) is 5.73 Å². The van der Waals surface area contributed by atoms with Crippen LogP contribution >= 0.6 is 0 Å². The monoisotopic (exact) mass is 266 g/mol. The first-order chi connectivity index (χ1) is 8.92. The van der Waals surface area contributed by atoms with Gasteiger partial charge in [-0.15, -0.1) is 0 Å². The molecule has 0 saturated heterocycles. The third-order valence-electron chi connectivity index (χ3n) is 4.50. The molecule has 3 unspecified atom stereocenters. The average Bonchev–Trinajstić information content (AvgIpc) is 2.71. The second-order valence-corrected chi connectivity index (χ2v) is 6.27. The molecular weight excluding hydrogens is 236 g/mol. The van der Waals surface area contributed by atoms with E-state index in [0.717, 1.165) is 45.3 Å². The Morgan fingerprint density at radius 2 is 2.16 bits per heavy atom. The van der Waals surface area contributed by atoms with E-state index in [1.807, 2.05) is 0 Å². The minimum Gasteiger partial charge on any atom is -0.313 e. The first-order valence-electron chi connectivity index (χ1n) is 7.52. The molecule has 0 aromatic rings. The lowest BCUT2D eigenvalue weighted by atomic mass is 9.87. The summed E-state index contributed by atoms with van der Waals surface area (Å²) in [5, 5.41) is 9.25. The summed E-state index contributed by atoms with van der Waals surface area (Å²) in [6.45, 7) is 7.67. The molecule has 19 heavy (non-hydrogen) atoms. The van der Waals surface area contributed by atoms with Gasteiger partial charge >= 0.3 is 0 Å². The molecule has 110 valence electrons. The van der Waals surface area contributed by atoms with Crippen molar-refractivity contribution in [3.05, 3.63) is 0 Å². The molecule has 1 fully saturated rings. The van der Waals surface area contributed by atoms with Gasteiger partial charge in [-0.2, -0.15) is 5.26 Å². The summed E-state index contributed by atoms with van der Waals surface area (Å²) in [4.78, 5) is 4.72. The predicted octanol–water partition coefficient (Wildman–Crippen LogP) is 1.67. The van der Waals surface area contributed by atoms with Crippen molar-refractivity contribution >= 4 is 0 Å². The summed E-state index contributed by atoms with van der Waals surface area (Å²) in [5.74, 6) is 0.373. The average molecular weight is 266 g/mol. The van der Waals surface area contributed by atoms with Crippen LogP contribution < -0.4 is 5.73 Å². The lowest BCUT2D eigenvalue weighted by Crippen LogP contribution is -2.45. The fraction of sp³-hybridized carbons (Fsp3) is 0.933. The second kappa shape index (κ2) is 7.23. The van der Waals surface area contributed by atoms with E-state index in [1.165, 1.54) is 0 Å². The van der Waals surface area contributed by atoms with Crippen molar-refractivity contribution in [1.29, 1.82) is 5.26 Å². The Labute approximate surface area is 118 Å². The van der Waals surface area contributed by atoms with E-state index >= 15 is 0 Å². The molecule has 0 heterocycles. The third-order valence-corrected chi connectivity index (χ3v) is 4.50. The molecule has 0 aromatic heterocycles. The number of rotatable bonds is 7. The van der Waals surface area contributed by atoms with Crippen molar-refractivity contribution in [2.24, 2.45) is 11.7 Å². The van der Waals surface area contributed by atoms with Gasteiger partial charge in [0.05, 0.1) is 6.07 Å². The molecule has 0 aromatic carbocycles. The van der Waals surface area contributed by atoms with Crippen LogP contribution in [0.4, 0.5) is 0 Å². The molecule has 0 amide bonds. The van der Waals surface area contributed by atoms with Crippen molar-refractivity contribution < 1.29 is 0 Å². The van der Waals surface area contributed by atoms with Crippen LogP contribution in [0.5, 0.6) is 0 Å². The minimum atomic E-state index is -0.565. The van der Waals surface area contributed by atoms with Crippen LogP contribution in [-0.4, -0.2) is 55.1 Å². The summed E-state index contributed by atoms with van der Waals surface area (Å²) in [5.41, 5.74) is 5.63. The van der Waals surface area contributed by atoms with Gasteiger partial charge < -0.3 is 10.6 Å². The first kappa shape index (κ1) is 16.4. The molecule has 3 atom stereocenters. The molecule has 0 aliphatic heterocycles. The van der Waals surface area contributed by atoms with Gasteiger partial charge in [-0.05, 0) is 59.3 Å². The molecule has 4 heteroatoms. The molecule has 4 nitrogen and oxygen atoms in total. The molecule has 2 N–H and O–H groups in total. The third kappa shape index (κ3) is 4.45. The largest absolute Gasteiger partial charge is 0.313 e. The normalized spacial score (nSPS) is 28.8. The Kier molecular flexibility index (Phi) is 6.25.